The maximum atomic E-state index is 5.11. The molecule has 0 spiro atoms. The van der Waals surface area contributed by atoms with E-state index in [0.29, 0.717) is 5.92 Å². The molecule has 0 unspecified atom stereocenters. The van der Waals surface area contributed by atoms with Crippen LogP contribution in [0.15, 0.2) is 47.3 Å². The van der Waals surface area contributed by atoms with Crippen LogP contribution in [0.3, 0.4) is 0 Å². The molecule has 0 bridgehead atoms. The predicted octanol–water partition coefficient (Wildman–Crippen LogP) is 3.66. The zero-order valence-corrected chi connectivity index (χ0v) is 13.3. The van der Waals surface area contributed by atoms with Gasteiger partial charge in [0, 0.05) is 25.2 Å². The third kappa shape index (κ3) is 5.74. The lowest BCUT2D eigenvalue weighted by Gasteiger charge is -2.16. The van der Waals surface area contributed by atoms with Crippen LogP contribution in [-0.4, -0.2) is 18.5 Å². The molecular formula is C18H26N2O. The smallest absolute Gasteiger partial charge is 0.0947 e. The van der Waals surface area contributed by atoms with Crippen LogP contribution in [0, 0.1) is 5.92 Å². The molecule has 1 aromatic heterocycles. The van der Waals surface area contributed by atoms with Crippen LogP contribution >= 0.6 is 0 Å². The van der Waals surface area contributed by atoms with Crippen molar-refractivity contribution in [2.45, 2.75) is 33.5 Å². The van der Waals surface area contributed by atoms with E-state index in [0.717, 1.165) is 26.2 Å². The van der Waals surface area contributed by atoms with Gasteiger partial charge in [0.15, 0.2) is 0 Å². The summed E-state index contributed by atoms with van der Waals surface area (Å²) in [5.74, 6) is 0.689. The summed E-state index contributed by atoms with van der Waals surface area (Å²) in [6.45, 7) is 8.32. The Kier molecular flexibility index (Phi) is 6.03. The van der Waals surface area contributed by atoms with Gasteiger partial charge in [-0.15, -0.1) is 0 Å². The fourth-order valence-corrected chi connectivity index (χ4v) is 2.41. The minimum Gasteiger partial charge on any atom is -0.472 e. The van der Waals surface area contributed by atoms with Gasteiger partial charge in [0.25, 0.3) is 0 Å². The summed E-state index contributed by atoms with van der Waals surface area (Å²) in [5, 5.41) is 3.49. The number of hydrogen-bond donors (Lipinski definition) is 1. The first-order valence-corrected chi connectivity index (χ1v) is 7.61. The third-order valence-electron chi connectivity index (χ3n) is 3.36. The number of rotatable bonds is 8. The van der Waals surface area contributed by atoms with Crippen LogP contribution in [0.25, 0.3) is 0 Å². The number of benzene rings is 1. The highest BCUT2D eigenvalue weighted by Gasteiger charge is 2.04. The Hall–Kier alpha value is -1.58. The van der Waals surface area contributed by atoms with Gasteiger partial charge >= 0.3 is 0 Å². The van der Waals surface area contributed by atoms with Crippen molar-refractivity contribution in [3.8, 4) is 0 Å². The van der Waals surface area contributed by atoms with Gasteiger partial charge in [0.05, 0.1) is 12.5 Å². The molecule has 0 aliphatic rings. The van der Waals surface area contributed by atoms with Crippen molar-refractivity contribution in [1.29, 1.82) is 0 Å². The van der Waals surface area contributed by atoms with Gasteiger partial charge in [-0.2, -0.15) is 0 Å². The number of nitrogens with one attached hydrogen (secondary N) is 1. The summed E-state index contributed by atoms with van der Waals surface area (Å²) in [4.78, 5) is 2.30. The van der Waals surface area contributed by atoms with Crippen molar-refractivity contribution in [3.63, 3.8) is 0 Å². The van der Waals surface area contributed by atoms with Crippen LogP contribution in [-0.2, 0) is 19.6 Å². The second kappa shape index (κ2) is 8.01. The van der Waals surface area contributed by atoms with Crippen molar-refractivity contribution in [2.24, 2.45) is 5.92 Å². The average molecular weight is 286 g/mol. The zero-order valence-electron chi connectivity index (χ0n) is 13.3. The highest BCUT2D eigenvalue weighted by molar-refractivity contribution is 5.23. The van der Waals surface area contributed by atoms with Crippen molar-refractivity contribution >= 4 is 0 Å². The summed E-state index contributed by atoms with van der Waals surface area (Å²) in [6, 6.07) is 10.8. The number of furan rings is 1. The molecule has 2 rings (SSSR count). The Morgan fingerprint density at radius 2 is 1.86 bits per heavy atom. The van der Waals surface area contributed by atoms with Gasteiger partial charge in [-0.1, -0.05) is 38.1 Å². The number of hydrogen-bond acceptors (Lipinski definition) is 3. The van der Waals surface area contributed by atoms with Crippen molar-refractivity contribution in [1.82, 2.24) is 10.2 Å². The fourth-order valence-electron chi connectivity index (χ4n) is 2.41. The molecule has 2 aromatic rings. The molecule has 0 fully saturated rings. The average Bonchev–Trinajstić information content (AvgIpc) is 2.91. The van der Waals surface area contributed by atoms with Gasteiger partial charge in [0.2, 0.25) is 0 Å². The van der Waals surface area contributed by atoms with Crippen molar-refractivity contribution in [3.05, 3.63) is 59.5 Å². The Balaban J connectivity index is 1.85. The van der Waals surface area contributed by atoms with Crippen LogP contribution in [0.4, 0.5) is 0 Å². The minimum atomic E-state index is 0.689. The first kappa shape index (κ1) is 15.8. The molecule has 1 heterocycles. The summed E-state index contributed by atoms with van der Waals surface area (Å²) in [6.07, 6.45) is 3.53. The lowest BCUT2D eigenvalue weighted by atomic mass is 10.1. The van der Waals surface area contributed by atoms with E-state index in [-0.39, 0.29) is 0 Å². The van der Waals surface area contributed by atoms with E-state index in [9.17, 15) is 0 Å². The van der Waals surface area contributed by atoms with Crippen LogP contribution in [0.5, 0.6) is 0 Å². The summed E-state index contributed by atoms with van der Waals surface area (Å²) in [5.41, 5.74) is 3.92. The zero-order chi connectivity index (χ0) is 15.1. The Bertz CT molecular complexity index is 520. The normalized spacial score (nSPS) is 11.5. The summed E-state index contributed by atoms with van der Waals surface area (Å²) < 4.78 is 5.11. The van der Waals surface area contributed by atoms with Gasteiger partial charge in [-0.3, -0.25) is 4.90 Å². The second-order valence-corrected chi connectivity index (χ2v) is 6.15. The molecule has 0 radical (unpaired) electrons. The van der Waals surface area contributed by atoms with E-state index in [1.54, 1.807) is 6.26 Å². The Labute approximate surface area is 128 Å². The maximum Gasteiger partial charge on any atom is 0.0947 e. The van der Waals surface area contributed by atoms with Crippen LogP contribution in [0.2, 0.25) is 0 Å². The van der Waals surface area contributed by atoms with Gasteiger partial charge in [-0.05, 0) is 36.7 Å². The van der Waals surface area contributed by atoms with Crippen molar-refractivity contribution < 1.29 is 4.42 Å². The van der Waals surface area contributed by atoms with Gasteiger partial charge in [0.1, 0.15) is 0 Å². The standard InChI is InChI=1S/C18H26N2O/c1-15(2)10-19-11-16-5-4-6-17(9-16)12-20(3)13-18-7-8-21-14-18/h4-9,14-15,19H,10-13H2,1-3H3. The molecule has 0 aliphatic heterocycles. The molecule has 0 amide bonds. The van der Waals surface area contributed by atoms with Crippen LogP contribution in [0.1, 0.15) is 30.5 Å². The molecule has 0 saturated carbocycles. The van der Waals surface area contributed by atoms with E-state index in [1.165, 1.54) is 16.7 Å². The molecular weight excluding hydrogens is 260 g/mol. The van der Waals surface area contributed by atoms with Gasteiger partial charge in [-0.25, -0.2) is 0 Å². The first-order valence-electron chi connectivity index (χ1n) is 7.61. The van der Waals surface area contributed by atoms with E-state index in [2.05, 4.69) is 55.4 Å². The van der Waals surface area contributed by atoms with Gasteiger partial charge < -0.3 is 9.73 Å². The van der Waals surface area contributed by atoms with E-state index >= 15 is 0 Å². The van der Waals surface area contributed by atoms with E-state index < -0.39 is 0 Å². The molecule has 3 nitrogen and oxygen atoms in total. The predicted molar refractivity (Wildman–Crippen MR) is 86.9 cm³/mol. The highest BCUT2D eigenvalue weighted by atomic mass is 16.3. The maximum absolute atomic E-state index is 5.11. The minimum absolute atomic E-state index is 0.689. The summed E-state index contributed by atoms with van der Waals surface area (Å²) in [7, 11) is 2.14. The molecule has 1 aromatic carbocycles. The van der Waals surface area contributed by atoms with Crippen LogP contribution < -0.4 is 5.32 Å². The monoisotopic (exact) mass is 286 g/mol. The highest BCUT2D eigenvalue weighted by Crippen LogP contribution is 2.11. The molecule has 1 N–H and O–H groups in total. The molecule has 21 heavy (non-hydrogen) atoms. The topological polar surface area (TPSA) is 28.4 Å². The molecule has 3 heteroatoms. The lowest BCUT2D eigenvalue weighted by molar-refractivity contribution is 0.317. The van der Waals surface area contributed by atoms with E-state index in [4.69, 9.17) is 4.42 Å². The third-order valence-corrected chi connectivity index (χ3v) is 3.36. The lowest BCUT2D eigenvalue weighted by Crippen LogP contribution is -2.19. The quantitative estimate of drug-likeness (QED) is 0.803. The SMILES string of the molecule is CC(C)CNCc1cccc(CN(C)Cc2ccoc2)c1. The Morgan fingerprint density at radius 3 is 2.57 bits per heavy atom. The second-order valence-electron chi connectivity index (χ2n) is 6.15. The largest absolute Gasteiger partial charge is 0.472 e. The molecule has 114 valence electrons. The molecule has 0 atom stereocenters. The fraction of sp³-hybridized carbons (Fsp3) is 0.444. The molecule has 0 saturated heterocycles. The number of nitrogens with zero attached hydrogens (tertiary/aromatic N) is 1. The Morgan fingerprint density at radius 1 is 1.10 bits per heavy atom. The van der Waals surface area contributed by atoms with E-state index in [1.807, 2.05) is 12.3 Å². The molecule has 0 aliphatic carbocycles. The first-order chi connectivity index (χ1) is 10.1. The van der Waals surface area contributed by atoms with Crippen molar-refractivity contribution in [2.75, 3.05) is 13.6 Å². The summed E-state index contributed by atoms with van der Waals surface area (Å²) >= 11 is 0.